The van der Waals surface area contributed by atoms with E-state index in [1.807, 2.05) is 13.8 Å². The molecular formula is C13H24N2O3. The van der Waals surface area contributed by atoms with E-state index in [1.54, 1.807) is 0 Å². The number of carboxylic acids is 1. The van der Waals surface area contributed by atoms with Crippen molar-refractivity contribution < 1.29 is 14.7 Å². The molecule has 1 aliphatic rings. The van der Waals surface area contributed by atoms with Gasteiger partial charge in [-0.15, -0.1) is 0 Å². The first-order chi connectivity index (χ1) is 8.35. The molecule has 0 saturated heterocycles. The summed E-state index contributed by atoms with van der Waals surface area (Å²) < 4.78 is 0. The Morgan fingerprint density at radius 1 is 1.28 bits per heavy atom. The van der Waals surface area contributed by atoms with Crippen molar-refractivity contribution in [3.05, 3.63) is 0 Å². The standard InChI is InChI=1S/C13H24N2O3/c1-9(2)8-10(11(16)17)15-12(18)13(14)6-4-3-5-7-13/h9-10H,3-8,14H2,1-2H3,(H,15,18)(H,16,17)/t10-/m1/s1. The molecule has 0 unspecified atom stereocenters. The average molecular weight is 256 g/mol. The van der Waals surface area contributed by atoms with E-state index in [0.717, 1.165) is 19.3 Å². The van der Waals surface area contributed by atoms with E-state index in [-0.39, 0.29) is 11.8 Å². The highest BCUT2D eigenvalue weighted by Gasteiger charge is 2.37. The second kappa shape index (κ2) is 6.18. The molecule has 5 nitrogen and oxygen atoms in total. The maximum atomic E-state index is 12.1. The highest BCUT2D eigenvalue weighted by molar-refractivity contribution is 5.90. The maximum absolute atomic E-state index is 12.1. The Morgan fingerprint density at radius 3 is 2.28 bits per heavy atom. The molecule has 1 fully saturated rings. The van der Waals surface area contributed by atoms with E-state index in [4.69, 9.17) is 10.8 Å². The van der Waals surface area contributed by atoms with Gasteiger partial charge in [0.15, 0.2) is 0 Å². The summed E-state index contributed by atoms with van der Waals surface area (Å²) in [5, 5.41) is 11.7. The van der Waals surface area contributed by atoms with Crippen LogP contribution >= 0.6 is 0 Å². The Morgan fingerprint density at radius 2 is 1.83 bits per heavy atom. The fourth-order valence-electron chi connectivity index (χ4n) is 2.40. The molecule has 0 heterocycles. The van der Waals surface area contributed by atoms with Gasteiger partial charge in [-0.1, -0.05) is 33.1 Å². The zero-order chi connectivity index (χ0) is 13.8. The van der Waals surface area contributed by atoms with Crippen LogP contribution in [0, 0.1) is 5.92 Å². The summed E-state index contributed by atoms with van der Waals surface area (Å²) in [5.41, 5.74) is 5.20. The first-order valence-corrected chi connectivity index (χ1v) is 6.68. The van der Waals surface area contributed by atoms with Gasteiger partial charge >= 0.3 is 5.97 Å². The minimum absolute atomic E-state index is 0.214. The van der Waals surface area contributed by atoms with Crippen LogP contribution in [0.25, 0.3) is 0 Å². The lowest BCUT2D eigenvalue weighted by Gasteiger charge is -2.33. The summed E-state index contributed by atoms with van der Waals surface area (Å²) in [5.74, 6) is -1.09. The maximum Gasteiger partial charge on any atom is 0.326 e. The molecule has 1 amide bonds. The van der Waals surface area contributed by atoms with Crippen LogP contribution in [0.3, 0.4) is 0 Å². The summed E-state index contributed by atoms with van der Waals surface area (Å²) in [4.78, 5) is 23.2. The smallest absolute Gasteiger partial charge is 0.326 e. The van der Waals surface area contributed by atoms with Crippen molar-refractivity contribution in [3.8, 4) is 0 Å². The van der Waals surface area contributed by atoms with Gasteiger partial charge in [0.25, 0.3) is 0 Å². The number of hydrogen-bond donors (Lipinski definition) is 3. The van der Waals surface area contributed by atoms with Crippen LogP contribution in [0.5, 0.6) is 0 Å². The molecule has 0 bridgehead atoms. The van der Waals surface area contributed by atoms with E-state index >= 15 is 0 Å². The first-order valence-electron chi connectivity index (χ1n) is 6.68. The van der Waals surface area contributed by atoms with Crippen molar-refractivity contribution in [2.75, 3.05) is 0 Å². The van der Waals surface area contributed by atoms with Crippen molar-refractivity contribution in [2.24, 2.45) is 11.7 Å². The minimum Gasteiger partial charge on any atom is -0.480 e. The van der Waals surface area contributed by atoms with Crippen molar-refractivity contribution >= 4 is 11.9 Å². The molecule has 0 aromatic heterocycles. The van der Waals surface area contributed by atoms with E-state index < -0.39 is 17.6 Å². The lowest BCUT2D eigenvalue weighted by molar-refractivity contribution is -0.143. The highest BCUT2D eigenvalue weighted by Crippen LogP contribution is 2.26. The van der Waals surface area contributed by atoms with Crippen molar-refractivity contribution in [3.63, 3.8) is 0 Å². The number of carboxylic acid groups (broad SMARTS) is 1. The number of nitrogens with one attached hydrogen (secondary N) is 1. The Hall–Kier alpha value is -1.10. The monoisotopic (exact) mass is 256 g/mol. The average Bonchev–Trinajstić information content (AvgIpc) is 2.28. The van der Waals surface area contributed by atoms with Crippen LogP contribution in [0.1, 0.15) is 52.4 Å². The molecule has 104 valence electrons. The van der Waals surface area contributed by atoms with Gasteiger partial charge in [0.05, 0.1) is 5.54 Å². The zero-order valence-electron chi connectivity index (χ0n) is 11.2. The molecule has 5 heteroatoms. The van der Waals surface area contributed by atoms with E-state index in [9.17, 15) is 9.59 Å². The second-order valence-electron chi connectivity index (χ2n) is 5.71. The molecule has 1 atom stereocenters. The molecule has 4 N–H and O–H groups in total. The summed E-state index contributed by atoms with van der Waals surface area (Å²) in [6.07, 6.45) is 4.69. The molecule has 0 aliphatic heterocycles. The molecule has 1 saturated carbocycles. The topological polar surface area (TPSA) is 92.4 Å². The summed E-state index contributed by atoms with van der Waals surface area (Å²) >= 11 is 0. The fourth-order valence-corrected chi connectivity index (χ4v) is 2.40. The molecule has 18 heavy (non-hydrogen) atoms. The van der Waals surface area contributed by atoms with Gasteiger partial charge < -0.3 is 16.2 Å². The van der Waals surface area contributed by atoms with Crippen molar-refractivity contribution in [1.29, 1.82) is 0 Å². The quantitative estimate of drug-likeness (QED) is 0.690. The zero-order valence-corrected chi connectivity index (χ0v) is 11.2. The number of amides is 1. The van der Waals surface area contributed by atoms with E-state index in [2.05, 4.69) is 5.32 Å². The summed E-state index contributed by atoms with van der Waals surface area (Å²) in [6.45, 7) is 3.86. The van der Waals surface area contributed by atoms with Gasteiger partial charge in [-0.05, 0) is 25.2 Å². The number of rotatable bonds is 5. The third kappa shape index (κ3) is 3.98. The van der Waals surface area contributed by atoms with E-state index in [0.29, 0.717) is 19.3 Å². The third-order valence-corrected chi connectivity index (χ3v) is 3.51. The molecule has 1 aliphatic carbocycles. The third-order valence-electron chi connectivity index (χ3n) is 3.51. The summed E-state index contributed by atoms with van der Waals surface area (Å²) in [6, 6.07) is -0.833. The van der Waals surface area contributed by atoms with Gasteiger partial charge in [0.1, 0.15) is 6.04 Å². The first kappa shape index (κ1) is 15.0. The van der Waals surface area contributed by atoms with Crippen molar-refractivity contribution in [2.45, 2.75) is 64.0 Å². The molecule has 1 rings (SSSR count). The SMILES string of the molecule is CC(C)C[C@@H](NC(=O)C1(N)CCCCC1)C(=O)O. The highest BCUT2D eigenvalue weighted by atomic mass is 16.4. The normalized spacial score (nSPS) is 20.4. The van der Waals surface area contributed by atoms with Crippen LogP contribution in [0.2, 0.25) is 0 Å². The minimum atomic E-state index is -0.989. The van der Waals surface area contributed by atoms with Crippen LogP contribution in [-0.2, 0) is 9.59 Å². The molecular weight excluding hydrogens is 232 g/mol. The molecule has 0 spiro atoms. The van der Waals surface area contributed by atoms with Crippen LogP contribution in [0.4, 0.5) is 0 Å². The lowest BCUT2D eigenvalue weighted by Crippen LogP contribution is -2.58. The van der Waals surface area contributed by atoms with Gasteiger partial charge in [-0.2, -0.15) is 0 Å². The number of nitrogens with two attached hydrogens (primary N) is 1. The Labute approximate surface area is 108 Å². The molecule has 0 aromatic rings. The lowest BCUT2D eigenvalue weighted by atomic mass is 9.81. The van der Waals surface area contributed by atoms with Gasteiger partial charge in [-0.3, -0.25) is 4.79 Å². The van der Waals surface area contributed by atoms with Gasteiger partial charge in [0, 0.05) is 0 Å². The molecule has 0 aromatic carbocycles. The summed E-state index contributed by atoms with van der Waals surface area (Å²) in [7, 11) is 0. The van der Waals surface area contributed by atoms with Gasteiger partial charge in [0.2, 0.25) is 5.91 Å². The fraction of sp³-hybridized carbons (Fsp3) is 0.846. The van der Waals surface area contributed by atoms with Crippen LogP contribution in [-0.4, -0.2) is 28.6 Å². The Bertz CT molecular complexity index is 309. The second-order valence-corrected chi connectivity index (χ2v) is 5.71. The predicted octanol–water partition coefficient (Wildman–Crippen LogP) is 1.26. The Kier molecular flexibility index (Phi) is 5.14. The van der Waals surface area contributed by atoms with Crippen molar-refractivity contribution in [1.82, 2.24) is 5.32 Å². The van der Waals surface area contributed by atoms with E-state index in [1.165, 1.54) is 0 Å². The predicted molar refractivity (Wildman–Crippen MR) is 69.0 cm³/mol. The largest absolute Gasteiger partial charge is 0.480 e. The number of hydrogen-bond acceptors (Lipinski definition) is 3. The number of carbonyl (C=O) groups is 2. The van der Waals surface area contributed by atoms with Crippen LogP contribution < -0.4 is 11.1 Å². The van der Waals surface area contributed by atoms with Gasteiger partial charge in [-0.25, -0.2) is 4.79 Å². The van der Waals surface area contributed by atoms with Crippen LogP contribution in [0.15, 0.2) is 0 Å². The number of carbonyl (C=O) groups excluding carboxylic acids is 1. The Balaban J connectivity index is 2.62. The molecule has 0 radical (unpaired) electrons. The number of aliphatic carboxylic acids is 1.